The zero-order chi connectivity index (χ0) is 10.1. The summed E-state index contributed by atoms with van der Waals surface area (Å²) in [6.07, 6.45) is 2.42. The van der Waals surface area contributed by atoms with E-state index in [2.05, 4.69) is 32.7 Å². The first-order valence-corrected chi connectivity index (χ1v) is 5.44. The number of hydrogen-bond acceptors (Lipinski definition) is 1. The van der Waals surface area contributed by atoms with Crippen molar-refractivity contribution in [3.05, 3.63) is 0 Å². The van der Waals surface area contributed by atoms with Crippen molar-refractivity contribution in [2.45, 2.75) is 38.9 Å². The maximum absolute atomic E-state index is 6.48. The fourth-order valence-corrected chi connectivity index (χ4v) is 2.49. The summed E-state index contributed by atoms with van der Waals surface area (Å²) < 4.78 is 0. The predicted octanol–water partition coefficient (Wildman–Crippen LogP) is 2.33. The molecule has 0 aliphatic carbocycles. The molecule has 1 aliphatic rings. The van der Waals surface area contributed by atoms with E-state index in [1.54, 1.807) is 0 Å². The van der Waals surface area contributed by atoms with Crippen LogP contribution >= 0.6 is 0 Å². The second kappa shape index (κ2) is 4.04. The average Bonchev–Trinajstić information content (AvgIpc) is 2.13. The van der Waals surface area contributed by atoms with Crippen LogP contribution in [0, 0.1) is 11.8 Å². The van der Waals surface area contributed by atoms with Crippen molar-refractivity contribution >= 4 is 7.85 Å². The molecule has 2 heteroatoms. The van der Waals surface area contributed by atoms with E-state index in [1.807, 2.05) is 0 Å². The second-order valence-electron chi connectivity index (χ2n) is 5.03. The fourth-order valence-electron chi connectivity index (χ4n) is 2.49. The highest BCUT2D eigenvalue weighted by Gasteiger charge is 2.35. The van der Waals surface area contributed by atoms with Gasteiger partial charge < -0.3 is 4.90 Å². The highest BCUT2D eigenvalue weighted by Crippen LogP contribution is 2.46. The van der Waals surface area contributed by atoms with Crippen molar-refractivity contribution in [3.63, 3.8) is 0 Å². The van der Waals surface area contributed by atoms with Gasteiger partial charge in [0.2, 0.25) is 0 Å². The van der Waals surface area contributed by atoms with Crippen LogP contribution in [0.25, 0.3) is 0 Å². The number of likely N-dealkylation sites (tertiary alicyclic amines) is 1. The minimum atomic E-state index is 0.0603. The third-order valence-electron chi connectivity index (χ3n) is 3.73. The second-order valence-corrected chi connectivity index (χ2v) is 5.03. The van der Waals surface area contributed by atoms with Gasteiger partial charge in [0.1, 0.15) is 0 Å². The normalized spacial score (nSPS) is 37.8. The van der Waals surface area contributed by atoms with Gasteiger partial charge in [0.15, 0.2) is 0 Å². The first-order valence-electron chi connectivity index (χ1n) is 5.44. The van der Waals surface area contributed by atoms with Gasteiger partial charge in [-0.05, 0) is 31.8 Å². The van der Waals surface area contributed by atoms with E-state index in [0.717, 1.165) is 6.54 Å². The summed E-state index contributed by atoms with van der Waals surface area (Å²) in [5.41, 5.74) is 0. The summed E-state index contributed by atoms with van der Waals surface area (Å²) in [5, 5.41) is 0.0603. The molecular weight excluding hydrogens is 157 g/mol. The van der Waals surface area contributed by atoms with E-state index in [9.17, 15) is 0 Å². The molecule has 1 rings (SSSR count). The molecule has 0 aromatic heterocycles. The number of hydrogen-bond donors (Lipinski definition) is 0. The van der Waals surface area contributed by atoms with Gasteiger partial charge in [-0.25, -0.2) is 0 Å². The Morgan fingerprint density at radius 2 is 2.08 bits per heavy atom. The zero-order valence-corrected chi connectivity index (χ0v) is 9.51. The molecular formula is C11H22BN. The van der Waals surface area contributed by atoms with Gasteiger partial charge in [0, 0.05) is 6.54 Å². The van der Waals surface area contributed by atoms with Crippen LogP contribution in [0.3, 0.4) is 0 Å². The van der Waals surface area contributed by atoms with Crippen molar-refractivity contribution in [2.24, 2.45) is 11.8 Å². The molecule has 1 aliphatic heterocycles. The summed E-state index contributed by atoms with van der Waals surface area (Å²) in [4.78, 5) is 2.40. The van der Waals surface area contributed by atoms with Crippen LogP contribution in [-0.2, 0) is 0 Å². The van der Waals surface area contributed by atoms with Gasteiger partial charge in [-0.15, -0.1) is 0 Å². The van der Waals surface area contributed by atoms with Crippen LogP contribution in [-0.4, -0.2) is 32.9 Å². The largest absolute Gasteiger partial charge is 0.306 e. The van der Waals surface area contributed by atoms with Gasteiger partial charge in [-0.2, -0.15) is 0 Å². The highest BCUT2D eigenvalue weighted by molar-refractivity contribution is 6.15. The average molecular weight is 179 g/mol. The Balaban J connectivity index is 2.73. The van der Waals surface area contributed by atoms with Crippen molar-refractivity contribution in [3.8, 4) is 0 Å². The van der Waals surface area contributed by atoms with Crippen LogP contribution in [0.5, 0.6) is 0 Å². The summed E-state index contributed by atoms with van der Waals surface area (Å²) in [7, 11) is 8.68. The van der Waals surface area contributed by atoms with E-state index < -0.39 is 0 Å². The molecule has 0 amide bonds. The third-order valence-corrected chi connectivity index (χ3v) is 3.73. The summed E-state index contributed by atoms with van der Waals surface area (Å²) in [6, 6.07) is 0. The van der Waals surface area contributed by atoms with Gasteiger partial charge in [-0.1, -0.05) is 32.5 Å². The Bertz CT molecular complexity index is 169. The topological polar surface area (TPSA) is 3.24 Å². The number of nitrogens with zero attached hydrogens (tertiary/aromatic N) is 1. The van der Waals surface area contributed by atoms with Gasteiger partial charge in [0.25, 0.3) is 0 Å². The zero-order valence-electron chi connectivity index (χ0n) is 9.51. The standard InChI is InChI=1S/C11H22BN/c1-9(2)11(12)6-5-7-13(4)8-10(11)3/h9-10H,5-8H2,1-4H3. The Hall–Kier alpha value is 0.0249. The maximum atomic E-state index is 6.48. The van der Waals surface area contributed by atoms with Crippen molar-refractivity contribution in [1.82, 2.24) is 4.90 Å². The molecule has 1 fully saturated rings. The maximum Gasteiger partial charge on any atom is 0.0754 e. The van der Waals surface area contributed by atoms with Gasteiger partial charge in [0.05, 0.1) is 7.85 Å². The van der Waals surface area contributed by atoms with Crippen LogP contribution < -0.4 is 0 Å². The van der Waals surface area contributed by atoms with E-state index in [0.29, 0.717) is 11.8 Å². The molecule has 1 nitrogen and oxygen atoms in total. The molecule has 1 saturated heterocycles. The van der Waals surface area contributed by atoms with E-state index in [-0.39, 0.29) is 5.31 Å². The van der Waals surface area contributed by atoms with E-state index >= 15 is 0 Å². The smallest absolute Gasteiger partial charge is 0.0754 e. The molecule has 2 radical (unpaired) electrons. The molecule has 0 spiro atoms. The summed E-state index contributed by atoms with van der Waals surface area (Å²) >= 11 is 0. The quantitative estimate of drug-likeness (QED) is 0.558. The molecule has 0 bridgehead atoms. The Kier molecular flexibility index (Phi) is 3.45. The predicted molar refractivity (Wildman–Crippen MR) is 59.2 cm³/mol. The lowest BCUT2D eigenvalue weighted by atomic mass is 9.53. The lowest BCUT2D eigenvalue weighted by Gasteiger charge is -2.39. The van der Waals surface area contributed by atoms with Crippen molar-refractivity contribution < 1.29 is 0 Å². The van der Waals surface area contributed by atoms with E-state index in [1.165, 1.54) is 19.4 Å². The molecule has 74 valence electrons. The number of rotatable bonds is 1. The molecule has 0 aromatic carbocycles. The summed E-state index contributed by atoms with van der Waals surface area (Å²) in [5.74, 6) is 1.20. The lowest BCUT2D eigenvalue weighted by Crippen LogP contribution is -2.32. The third kappa shape index (κ3) is 2.28. The first-order chi connectivity index (χ1) is 5.97. The molecule has 0 aromatic rings. The van der Waals surface area contributed by atoms with Gasteiger partial charge >= 0.3 is 0 Å². The van der Waals surface area contributed by atoms with E-state index in [4.69, 9.17) is 7.85 Å². The minimum Gasteiger partial charge on any atom is -0.306 e. The van der Waals surface area contributed by atoms with Crippen LogP contribution in [0.4, 0.5) is 0 Å². The molecule has 0 N–H and O–H groups in total. The Morgan fingerprint density at radius 3 is 2.62 bits per heavy atom. The van der Waals surface area contributed by atoms with Crippen LogP contribution in [0.15, 0.2) is 0 Å². The van der Waals surface area contributed by atoms with Crippen LogP contribution in [0.1, 0.15) is 33.6 Å². The molecule has 2 unspecified atom stereocenters. The minimum absolute atomic E-state index is 0.0603. The van der Waals surface area contributed by atoms with Crippen LogP contribution in [0.2, 0.25) is 5.31 Å². The Labute approximate surface area is 84.3 Å². The fraction of sp³-hybridized carbons (Fsp3) is 1.00. The van der Waals surface area contributed by atoms with Crippen molar-refractivity contribution in [1.29, 1.82) is 0 Å². The highest BCUT2D eigenvalue weighted by atomic mass is 15.1. The van der Waals surface area contributed by atoms with Crippen molar-refractivity contribution in [2.75, 3.05) is 20.1 Å². The summed E-state index contributed by atoms with van der Waals surface area (Å²) in [6.45, 7) is 9.15. The SMILES string of the molecule is [B]C1(C(C)C)CCCN(C)CC1C. The first kappa shape index (κ1) is 11.1. The molecule has 2 atom stereocenters. The lowest BCUT2D eigenvalue weighted by molar-refractivity contribution is 0.246. The molecule has 0 saturated carbocycles. The Morgan fingerprint density at radius 1 is 1.46 bits per heavy atom. The molecule has 1 heterocycles. The monoisotopic (exact) mass is 179 g/mol. The molecule has 13 heavy (non-hydrogen) atoms. The van der Waals surface area contributed by atoms with Gasteiger partial charge in [-0.3, -0.25) is 0 Å².